The number of rotatable bonds is 4. The van der Waals surface area contributed by atoms with Gasteiger partial charge in [-0.25, -0.2) is 0 Å². The molecular formula is C13H13N3O2S. The van der Waals surface area contributed by atoms with Gasteiger partial charge in [-0.05, 0) is 19.1 Å². The smallest absolute Gasteiger partial charge is 0.250 e. The normalized spacial score (nSPS) is 10.6. The Morgan fingerprint density at radius 3 is 2.84 bits per heavy atom. The summed E-state index contributed by atoms with van der Waals surface area (Å²) in [6, 6.07) is 7.47. The number of anilines is 1. The average Bonchev–Trinajstić information content (AvgIpc) is 2.82. The Kier molecular flexibility index (Phi) is 4.25. The van der Waals surface area contributed by atoms with Crippen LogP contribution in [0.15, 0.2) is 30.3 Å². The first kappa shape index (κ1) is 13.2. The molecule has 0 aliphatic rings. The summed E-state index contributed by atoms with van der Waals surface area (Å²) in [6.07, 6.45) is 3.14. The molecule has 2 rings (SSSR count). The van der Waals surface area contributed by atoms with E-state index in [1.54, 1.807) is 13.2 Å². The summed E-state index contributed by atoms with van der Waals surface area (Å²) in [5.41, 5.74) is 0.841. The predicted octanol–water partition coefficient (Wildman–Crippen LogP) is 2.51. The van der Waals surface area contributed by atoms with Gasteiger partial charge in [-0.15, -0.1) is 10.2 Å². The average molecular weight is 275 g/mol. The molecule has 0 aliphatic carbocycles. The lowest BCUT2D eigenvalue weighted by Gasteiger charge is -2.03. The van der Waals surface area contributed by atoms with Crippen LogP contribution in [0.1, 0.15) is 10.6 Å². The highest BCUT2D eigenvalue weighted by atomic mass is 32.1. The first-order valence-corrected chi connectivity index (χ1v) is 6.43. The summed E-state index contributed by atoms with van der Waals surface area (Å²) >= 11 is 1.33. The number of aryl methyl sites for hydroxylation is 1. The molecule has 98 valence electrons. The van der Waals surface area contributed by atoms with Gasteiger partial charge in [-0.2, -0.15) is 0 Å². The van der Waals surface area contributed by atoms with E-state index in [-0.39, 0.29) is 5.91 Å². The second-order valence-electron chi connectivity index (χ2n) is 3.69. The van der Waals surface area contributed by atoms with Gasteiger partial charge in [0.05, 0.1) is 7.11 Å². The van der Waals surface area contributed by atoms with Gasteiger partial charge in [0, 0.05) is 11.6 Å². The van der Waals surface area contributed by atoms with E-state index in [1.165, 1.54) is 17.4 Å². The van der Waals surface area contributed by atoms with Crippen LogP contribution in [-0.4, -0.2) is 23.2 Å². The number of nitrogens with one attached hydrogen (secondary N) is 1. The summed E-state index contributed by atoms with van der Waals surface area (Å²) in [5, 5.41) is 11.6. The van der Waals surface area contributed by atoms with Crippen molar-refractivity contribution in [2.45, 2.75) is 6.92 Å². The fraction of sp³-hybridized carbons (Fsp3) is 0.154. The SMILES string of the molecule is COc1ccccc1C=CC(=O)Nc1nnc(C)s1. The number of hydrogen-bond acceptors (Lipinski definition) is 5. The Labute approximate surface area is 114 Å². The minimum atomic E-state index is -0.248. The number of methoxy groups -OCH3 is 1. The van der Waals surface area contributed by atoms with Gasteiger partial charge in [0.25, 0.3) is 0 Å². The van der Waals surface area contributed by atoms with E-state index in [1.807, 2.05) is 31.2 Å². The highest BCUT2D eigenvalue weighted by Crippen LogP contribution is 2.19. The van der Waals surface area contributed by atoms with E-state index in [9.17, 15) is 4.79 Å². The maximum Gasteiger partial charge on any atom is 0.250 e. The molecule has 1 amide bonds. The molecule has 0 saturated heterocycles. The van der Waals surface area contributed by atoms with Crippen molar-refractivity contribution in [1.82, 2.24) is 10.2 Å². The van der Waals surface area contributed by atoms with Crippen LogP contribution in [0.3, 0.4) is 0 Å². The highest BCUT2D eigenvalue weighted by molar-refractivity contribution is 7.15. The Morgan fingerprint density at radius 1 is 1.37 bits per heavy atom. The molecule has 0 atom stereocenters. The number of hydrogen-bond donors (Lipinski definition) is 1. The Morgan fingerprint density at radius 2 is 2.16 bits per heavy atom. The fourth-order valence-corrected chi connectivity index (χ4v) is 2.06. The van der Waals surface area contributed by atoms with Gasteiger partial charge >= 0.3 is 0 Å². The van der Waals surface area contributed by atoms with Crippen LogP contribution in [0.4, 0.5) is 5.13 Å². The van der Waals surface area contributed by atoms with Crippen molar-refractivity contribution in [2.24, 2.45) is 0 Å². The number of para-hydroxylation sites is 1. The van der Waals surface area contributed by atoms with E-state index in [2.05, 4.69) is 15.5 Å². The van der Waals surface area contributed by atoms with Crippen molar-refractivity contribution in [3.63, 3.8) is 0 Å². The molecule has 1 N–H and O–H groups in total. The monoisotopic (exact) mass is 275 g/mol. The zero-order valence-electron chi connectivity index (χ0n) is 10.6. The predicted molar refractivity (Wildman–Crippen MR) is 75.3 cm³/mol. The second-order valence-corrected chi connectivity index (χ2v) is 4.87. The Hall–Kier alpha value is -2.21. The molecular weight excluding hydrogens is 262 g/mol. The van der Waals surface area contributed by atoms with Gasteiger partial charge in [-0.1, -0.05) is 29.5 Å². The van der Waals surface area contributed by atoms with Crippen molar-refractivity contribution in [3.8, 4) is 5.75 Å². The maximum absolute atomic E-state index is 11.7. The Bertz CT molecular complexity index is 607. The third-order valence-corrected chi connectivity index (χ3v) is 3.06. The standard InChI is InChI=1S/C13H13N3O2S/c1-9-15-16-13(19-9)14-12(17)8-7-10-5-3-4-6-11(10)18-2/h3-8H,1-2H3,(H,14,16,17). The molecule has 5 nitrogen and oxygen atoms in total. The molecule has 1 aromatic carbocycles. The lowest BCUT2D eigenvalue weighted by atomic mass is 10.2. The van der Waals surface area contributed by atoms with Crippen molar-refractivity contribution < 1.29 is 9.53 Å². The molecule has 0 aliphatic heterocycles. The lowest BCUT2D eigenvalue weighted by molar-refractivity contribution is -0.111. The van der Waals surface area contributed by atoms with Crippen LogP contribution in [-0.2, 0) is 4.79 Å². The molecule has 1 aromatic heterocycles. The molecule has 0 radical (unpaired) electrons. The zero-order valence-corrected chi connectivity index (χ0v) is 11.4. The van der Waals surface area contributed by atoms with Gasteiger partial charge in [0.1, 0.15) is 10.8 Å². The van der Waals surface area contributed by atoms with Crippen LogP contribution in [0.2, 0.25) is 0 Å². The van der Waals surface area contributed by atoms with Crippen molar-refractivity contribution in [2.75, 3.05) is 12.4 Å². The molecule has 1 heterocycles. The third-order valence-electron chi connectivity index (χ3n) is 2.31. The van der Waals surface area contributed by atoms with Crippen molar-refractivity contribution >= 4 is 28.5 Å². The van der Waals surface area contributed by atoms with E-state index >= 15 is 0 Å². The summed E-state index contributed by atoms with van der Waals surface area (Å²) < 4.78 is 5.20. The summed E-state index contributed by atoms with van der Waals surface area (Å²) in [5.74, 6) is 0.473. The minimum absolute atomic E-state index is 0.248. The van der Waals surface area contributed by atoms with E-state index in [0.29, 0.717) is 5.13 Å². The molecule has 0 bridgehead atoms. The van der Waals surface area contributed by atoms with Crippen LogP contribution >= 0.6 is 11.3 Å². The topological polar surface area (TPSA) is 64.1 Å². The summed E-state index contributed by atoms with van der Waals surface area (Å²) in [4.78, 5) is 11.7. The quantitative estimate of drug-likeness (QED) is 0.871. The molecule has 2 aromatic rings. The van der Waals surface area contributed by atoms with Crippen LogP contribution < -0.4 is 10.1 Å². The number of carbonyl (C=O) groups is 1. The summed E-state index contributed by atoms with van der Waals surface area (Å²) in [6.45, 7) is 1.83. The number of ether oxygens (including phenoxy) is 1. The summed E-state index contributed by atoms with van der Waals surface area (Å²) in [7, 11) is 1.59. The van der Waals surface area contributed by atoms with E-state index in [0.717, 1.165) is 16.3 Å². The first-order valence-electron chi connectivity index (χ1n) is 5.61. The number of amides is 1. The van der Waals surface area contributed by atoms with Crippen LogP contribution in [0.25, 0.3) is 6.08 Å². The van der Waals surface area contributed by atoms with Crippen molar-refractivity contribution in [1.29, 1.82) is 0 Å². The minimum Gasteiger partial charge on any atom is -0.496 e. The second kappa shape index (κ2) is 6.10. The molecule has 0 fully saturated rings. The largest absolute Gasteiger partial charge is 0.496 e. The van der Waals surface area contributed by atoms with Gasteiger partial charge in [0.2, 0.25) is 11.0 Å². The van der Waals surface area contributed by atoms with E-state index < -0.39 is 0 Å². The number of nitrogens with zero attached hydrogens (tertiary/aromatic N) is 2. The molecule has 19 heavy (non-hydrogen) atoms. The molecule has 0 unspecified atom stereocenters. The van der Waals surface area contributed by atoms with Crippen LogP contribution in [0.5, 0.6) is 5.75 Å². The zero-order chi connectivity index (χ0) is 13.7. The van der Waals surface area contributed by atoms with Crippen LogP contribution in [0, 0.1) is 6.92 Å². The van der Waals surface area contributed by atoms with Gasteiger partial charge < -0.3 is 4.74 Å². The van der Waals surface area contributed by atoms with Crippen molar-refractivity contribution in [3.05, 3.63) is 40.9 Å². The van der Waals surface area contributed by atoms with Gasteiger partial charge in [0.15, 0.2) is 0 Å². The number of aromatic nitrogens is 2. The molecule has 0 spiro atoms. The maximum atomic E-state index is 11.7. The number of carbonyl (C=O) groups excluding carboxylic acids is 1. The highest BCUT2D eigenvalue weighted by Gasteiger charge is 2.03. The van der Waals surface area contributed by atoms with Gasteiger partial charge in [-0.3, -0.25) is 10.1 Å². The third kappa shape index (κ3) is 3.62. The lowest BCUT2D eigenvalue weighted by Crippen LogP contribution is -2.07. The Balaban J connectivity index is 2.04. The molecule has 6 heteroatoms. The number of benzene rings is 1. The van der Waals surface area contributed by atoms with E-state index in [4.69, 9.17) is 4.74 Å². The fourth-order valence-electron chi connectivity index (χ4n) is 1.46. The first-order chi connectivity index (χ1) is 9.19. The molecule has 0 saturated carbocycles.